The highest BCUT2D eigenvalue weighted by Gasteiger charge is 2.14. The number of fused-ring (bicyclic) bond motifs is 1. The van der Waals surface area contributed by atoms with Crippen LogP contribution in [0.15, 0.2) is 42.7 Å². The number of hydrogen-bond donors (Lipinski definition) is 2. The number of carbonyl (C=O) groups excluding carboxylic acids is 1. The maximum atomic E-state index is 12.2. The lowest BCUT2D eigenvalue weighted by Gasteiger charge is -2.12. The van der Waals surface area contributed by atoms with E-state index in [-0.39, 0.29) is 0 Å². The van der Waals surface area contributed by atoms with Crippen molar-refractivity contribution in [3.63, 3.8) is 0 Å². The van der Waals surface area contributed by atoms with Gasteiger partial charge in [-0.15, -0.1) is 0 Å². The molecule has 4 rings (SSSR count). The second-order valence-corrected chi connectivity index (χ2v) is 7.77. The number of amides is 2. The molecule has 0 atom stereocenters. The van der Waals surface area contributed by atoms with E-state index >= 15 is 0 Å². The molecule has 2 amide bonds. The van der Waals surface area contributed by atoms with Crippen LogP contribution in [0.1, 0.15) is 5.69 Å². The van der Waals surface area contributed by atoms with Gasteiger partial charge in [0.15, 0.2) is 11.5 Å². The minimum atomic E-state index is -0.424. The van der Waals surface area contributed by atoms with E-state index < -0.39 is 6.03 Å². The number of ether oxygens (including phenoxy) is 3. The summed E-state index contributed by atoms with van der Waals surface area (Å²) in [5, 5.41) is 6.99. The molecule has 0 aliphatic carbocycles. The molecule has 2 aromatic heterocycles. The second kappa shape index (κ2) is 9.25. The molecule has 4 aromatic rings. The van der Waals surface area contributed by atoms with Gasteiger partial charge in [0.2, 0.25) is 5.88 Å². The average Bonchev–Trinajstić information content (AvgIpc) is 3.19. The van der Waals surface area contributed by atoms with E-state index in [1.54, 1.807) is 50.6 Å². The van der Waals surface area contributed by atoms with Gasteiger partial charge in [-0.05, 0) is 42.7 Å². The highest BCUT2D eigenvalue weighted by molar-refractivity contribution is 7.10. The zero-order valence-electron chi connectivity index (χ0n) is 17.3. The minimum absolute atomic E-state index is 0.302. The molecule has 9 nitrogen and oxygen atoms in total. The molecule has 0 aliphatic heterocycles. The summed E-state index contributed by atoms with van der Waals surface area (Å²) in [6, 6.07) is 9.74. The first-order valence-corrected chi connectivity index (χ1v) is 10.5. The van der Waals surface area contributed by atoms with Gasteiger partial charge in [0.1, 0.15) is 17.1 Å². The van der Waals surface area contributed by atoms with Crippen molar-refractivity contribution in [2.24, 2.45) is 0 Å². The third kappa shape index (κ3) is 4.66. The molecular formula is C21H18ClN5O4S. The molecule has 2 heterocycles. The van der Waals surface area contributed by atoms with Gasteiger partial charge in [-0.2, -0.15) is 4.37 Å². The fourth-order valence-electron chi connectivity index (χ4n) is 2.90. The van der Waals surface area contributed by atoms with E-state index in [2.05, 4.69) is 25.0 Å². The Bertz CT molecular complexity index is 1300. The molecule has 0 fully saturated rings. The summed E-state index contributed by atoms with van der Waals surface area (Å²) < 4.78 is 20.7. The maximum absolute atomic E-state index is 12.2. The van der Waals surface area contributed by atoms with E-state index in [0.717, 1.165) is 5.69 Å². The monoisotopic (exact) mass is 471 g/mol. The number of rotatable bonds is 6. The first-order valence-electron chi connectivity index (χ1n) is 9.32. The number of hydrogen-bond acceptors (Lipinski definition) is 8. The standard InChI is InChI=1S/C21H18ClN5O4S/c1-11-6-19(32-27-11)26-21(28)25-15-5-4-12(7-14(15)22)31-20-13-8-17(29-2)18(30-3)9-16(13)23-10-24-20/h4-10H,1-3H3,(H2,25,26,28). The first-order chi connectivity index (χ1) is 15.5. The Balaban J connectivity index is 1.53. The molecule has 2 aromatic carbocycles. The zero-order valence-corrected chi connectivity index (χ0v) is 18.9. The summed E-state index contributed by atoms with van der Waals surface area (Å²) in [5.41, 5.74) is 1.89. The van der Waals surface area contributed by atoms with Crippen molar-refractivity contribution < 1.29 is 19.0 Å². The lowest BCUT2D eigenvalue weighted by molar-refractivity contribution is 0.262. The van der Waals surface area contributed by atoms with Crippen LogP contribution in [0.2, 0.25) is 5.02 Å². The summed E-state index contributed by atoms with van der Waals surface area (Å²) >= 11 is 7.55. The fourth-order valence-corrected chi connectivity index (χ4v) is 3.78. The average molecular weight is 472 g/mol. The van der Waals surface area contributed by atoms with Gasteiger partial charge in [-0.25, -0.2) is 14.8 Å². The Labute approximate surface area is 192 Å². The van der Waals surface area contributed by atoms with Gasteiger partial charge < -0.3 is 19.5 Å². The van der Waals surface area contributed by atoms with Crippen LogP contribution in [0, 0.1) is 6.92 Å². The molecule has 0 saturated carbocycles. The molecule has 0 aliphatic rings. The molecule has 0 unspecified atom stereocenters. The van der Waals surface area contributed by atoms with E-state index in [1.807, 2.05) is 6.92 Å². The molecule has 0 spiro atoms. The second-order valence-electron chi connectivity index (χ2n) is 6.56. The Morgan fingerprint density at radius 2 is 1.81 bits per heavy atom. The summed E-state index contributed by atoms with van der Waals surface area (Å²) in [7, 11) is 3.10. The highest BCUT2D eigenvalue weighted by atomic mass is 35.5. The number of urea groups is 1. The molecule has 0 bridgehead atoms. The molecule has 2 N–H and O–H groups in total. The lowest BCUT2D eigenvalue weighted by Crippen LogP contribution is -2.18. The van der Waals surface area contributed by atoms with Crippen LogP contribution >= 0.6 is 23.1 Å². The van der Waals surface area contributed by atoms with Crippen LogP contribution in [0.3, 0.4) is 0 Å². The Kier molecular flexibility index (Phi) is 6.24. The van der Waals surface area contributed by atoms with Crippen molar-refractivity contribution >= 4 is 50.8 Å². The zero-order chi connectivity index (χ0) is 22.7. The molecule has 164 valence electrons. The van der Waals surface area contributed by atoms with E-state index in [0.29, 0.717) is 49.7 Å². The number of aryl methyl sites for hydroxylation is 1. The van der Waals surface area contributed by atoms with Gasteiger partial charge in [-0.1, -0.05) is 11.6 Å². The van der Waals surface area contributed by atoms with Gasteiger partial charge in [0.05, 0.1) is 41.5 Å². The van der Waals surface area contributed by atoms with Gasteiger partial charge in [0.25, 0.3) is 0 Å². The number of benzene rings is 2. The first kappa shape index (κ1) is 21.6. The van der Waals surface area contributed by atoms with Crippen LogP contribution in [0.25, 0.3) is 10.9 Å². The number of methoxy groups -OCH3 is 2. The van der Waals surface area contributed by atoms with Crippen molar-refractivity contribution in [2.75, 3.05) is 24.9 Å². The molecule has 0 saturated heterocycles. The largest absolute Gasteiger partial charge is 0.493 e. The van der Waals surface area contributed by atoms with Crippen LogP contribution in [-0.4, -0.2) is 34.6 Å². The molecule has 0 radical (unpaired) electrons. The third-order valence-corrected chi connectivity index (χ3v) is 5.48. The van der Waals surface area contributed by atoms with Crippen LogP contribution in [0.5, 0.6) is 23.1 Å². The predicted octanol–water partition coefficient (Wildman–Crippen LogP) is 5.50. The Morgan fingerprint density at radius 1 is 1.03 bits per heavy atom. The van der Waals surface area contributed by atoms with E-state index in [9.17, 15) is 4.79 Å². The van der Waals surface area contributed by atoms with Crippen molar-refractivity contribution in [3.8, 4) is 23.1 Å². The Morgan fingerprint density at radius 3 is 2.50 bits per heavy atom. The Hall–Kier alpha value is -3.63. The smallest absolute Gasteiger partial charge is 0.324 e. The summed E-state index contributed by atoms with van der Waals surface area (Å²) in [4.78, 5) is 20.7. The van der Waals surface area contributed by atoms with Crippen LogP contribution < -0.4 is 24.8 Å². The van der Waals surface area contributed by atoms with E-state index in [1.165, 1.54) is 17.9 Å². The quantitative estimate of drug-likeness (QED) is 0.382. The molecular weight excluding hydrogens is 454 g/mol. The third-order valence-electron chi connectivity index (χ3n) is 4.37. The number of aromatic nitrogens is 3. The molecule has 11 heteroatoms. The summed E-state index contributed by atoms with van der Waals surface area (Å²) in [6.07, 6.45) is 1.40. The van der Waals surface area contributed by atoms with Crippen molar-refractivity contribution in [1.82, 2.24) is 14.3 Å². The fraction of sp³-hybridized carbons (Fsp3) is 0.143. The number of nitrogens with one attached hydrogen (secondary N) is 2. The van der Waals surface area contributed by atoms with Gasteiger partial charge in [-0.3, -0.25) is 5.32 Å². The topological polar surface area (TPSA) is 107 Å². The number of anilines is 2. The van der Waals surface area contributed by atoms with E-state index in [4.69, 9.17) is 25.8 Å². The summed E-state index contributed by atoms with van der Waals surface area (Å²) in [5.74, 6) is 1.84. The van der Waals surface area contributed by atoms with Gasteiger partial charge in [0, 0.05) is 12.1 Å². The van der Waals surface area contributed by atoms with Crippen LogP contribution in [-0.2, 0) is 0 Å². The highest BCUT2D eigenvalue weighted by Crippen LogP contribution is 2.36. The summed E-state index contributed by atoms with van der Waals surface area (Å²) in [6.45, 7) is 1.85. The SMILES string of the molecule is COc1cc2ncnc(Oc3ccc(NC(=O)Nc4cc(C)ns4)c(Cl)c3)c2cc1OC. The number of carbonyl (C=O) groups is 1. The maximum Gasteiger partial charge on any atom is 0.324 e. The lowest BCUT2D eigenvalue weighted by atomic mass is 10.2. The minimum Gasteiger partial charge on any atom is -0.493 e. The predicted molar refractivity (Wildman–Crippen MR) is 124 cm³/mol. The van der Waals surface area contributed by atoms with Crippen molar-refractivity contribution in [3.05, 3.63) is 53.4 Å². The van der Waals surface area contributed by atoms with Crippen molar-refractivity contribution in [2.45, 2.75) is 6.92 Å². The number of halogens is 1. The number of nitrogens with zero attached hydrogens (tertiary/aromatic N) is 3. The van der Waals surface area contributed by atoms with Gasteiger partial charge >= 0.3 is 6.03 Å². The molecule has 32 heavy (non-hydrogen) atoms. The normalized spacial score (nSPS) is 10.6. The van der Waals surface area contributed by atoms with Crippen LogP contribution in [0.4, 0.5) is 15.5 Å². The van der Waals surface area contributed by atoms with Crippen molar-refractivity contribution in [1.29, 1.82) is 0 Å².